The summed E-state index contributed by atoms with van der Waals surface area (Å²) in [7, 11) is 0. The Morgan fingerprint density at radius 3 is 2.94 bits per heavy atom. The minimum absolute atomic E-state index is 0.0291. The summed E-state index contributed by atoms with van der Waals surface area (Å²) in [5.74, 6) is 0.0291. The maximum absolute atomic E-state index is 11.4. The molecule has 8 heteroatoms. The second kappa shape index (κ2) is 6.72. The van der Waals surface area contributed by atoms with Crippen LogP contribution in [0.4, 0.5) is 5.95 Å². The van der Waals surface area contributed by atoms with Gasteiger partial charge in [-0.05, 0) is 0 Å². The lowest BCUT2D eigenvalue weighted by atomic mass is 10.5. The molecule has 2 aromatic heterocycles. The van der Waals surface area contributed by atoms with Crippen molar-refractivity contribution in [1.29, 1.82) is 0 Å². The molecule has 18 heavy (non-hydrogen) atoms. The van der Waals surface area contributed by atoms with E-state index in [1.165, 1.54) is 10.9 Å². The van der Waals surface area contributed by atoms with Crippen LogP contribution in [0.5, 0.6) is 0 Å². The first-order valence-electron chi connectivity index (χ1n) is 5.61. The van der Waals surface area contributed by atoms with Gasteiger partial charge in [-0.25, -0.2) is 4.98 Å². The molecule has 0 aliphatic carbocycles. The molecule has 0 atom stereocenters. The van der Waals surface area contributed by atoms with Crippen molar-refractivity contribution in [2.45, 2.75) is 20.6 Å². The van der Waals surface area contributed by atoms with Crippen LogP contribution in [-0.2, 0) is 11.5 Å². The molecule has 0 aliphatic rings. The van der Waals surface area contributed by atoms with Gasteiger partial charge in [0.25, 0.3) is 5.56 Å². The molecule has 0 spiro atoms. The molecule has 0 saturated carbocycles. The van der Waals surface area contributed by atoms with Gasteiger partial charge in [0.15, 0.2) is 11.2 Å². The van der Waals surface area contributed by atoms with Crippen molar-refractivity contribution in [3.8, 4) is 0 Å². The molecule has 0 bridgehead atoms. The second-order valence-corrected chi connectivity index (χ2v) is 3.10. The lowest BCUT2D eigenvalue weighted by molar-refractivity contribution is 0.0499. The maximum Gasteiger partial charge on any atom is 0.280 e. The summed E-state index contributed by atoms with van der Waals surface area (Å²) >= 11 is 0. The molecule has 0 amide bonds. The normalized spacial score (nSPS) is 10.2. The maximum atomic E-state index is 11.4. The standard InChI is InChI=1S/C8H11N5O3.C2H6/c9-8-11-6-5(7(15)12-8)10-3-13(6)4-16-2-1-14;1-2/h3,14H,1-2,4H2,(H3,9,11,12,15);1-2H3. The average Bonchev–Trinajstić information content (AvgIpc) is 2.76. The summed E-state index contributed by atoms with van der Waals surface area (Å²) in [5, 5.41) is 8.56. The fourth-order valence-corrected chi connectivity index (χ4v) is 1.29. The number of aliphatic hydroxyl groups is 1. The van der Waals surface area contributed by atoms with Crippen molar-refractivity contribution in [3.63, 3.8) is 0 Å². The molecular weight excluding hydrogens is 238 g/mol. The predicted molar refractivity (Wildman–Crippen MR) is 66.9 cm³/mol. The lowest BCUT2D eigenvalue weighted by Gasteiger charge is -2.03. The largest absolute Gasteiger partial charge is 0.394 e. The number of aromatic amines is 1. The number of imidazole rings is 1. The summed E-state index contributed by atoms with van der Waals surface area (Å²) in [6, 6.07) is 0. The fraction of sp³-hybridized carbons (Fsp3) is 0.500. The van der Waals surface area contributed by atoms with Crippen LogP contribution in [0.2, 0.25) is 0 Å². The third-order valence-corrected chi connectivity index (χ3v) is 1.96. The second-order valence-electron chi connectivity index (χ2n) is 3.10. The number of anilines is 1. The summed E-state index contributed by atoms with van der Waals surface area (Å²) in [6.07, 6.45) is 1.43. The first-order chi connectivity index (χ1) is 8.72. The molecule has 0 unspecified atom stereocenters. The van der Waals surface area contributed by atoms with Gasteiger partial charge in [-0.1, -0.05) is 13.8 Å². The third-order valence-electron chi connectivity index (χ3n) is 1.96. The predicted octanol–water partition coefficient (Wildman–Crippen LogP) is -0.306. The van der Waals surface area contributed by atoms with Crippen LogP contribution in [0.15, 0.2) is 11.1 Å². The molecule has 0 aliphatic heterocycles. The molecule has 0 fully saturated rings. The quantitative estimate of drug-likeness (QED) is 0.645. The Bertz CT molecular complexity index is 548. The van der Waals surface area contributed by atoms with Crippen molar-refractivity contribution >= 4 is 17.1 Å². The Kier molecular flexibility index (Phi) is 5.28. The van der Waals surface area contributed by atoms with Gasteiger partial charge in [-0.2, -0.15) is 4.98 Å². The summed E-state index contributed by atoms with van der Waals surface area (Å²) in [4.78, 5) is 21.6. The van der Waals surface area contributed by atoms with Gasteiger partial charge in [-0.15, -0.1) is 0 Å². The van der Waals surface area contributed by atoms with Crippen molar-refractivity contribution in [2.75, 3.05) is 18.9 Å². The highest BCUT2D eigenvalue weighted by Crippen LogP contribution is 2.05. The molecule has 0 aromatic carbocycles. The van der Waals surface area contributed by atoms with Crippen molar-refractivity contribution in [1.82, 2.24) is 19.5 Å². The number of aromatic nitrogens is 4. The van der Waals surface area contributed by atoms with E-state index in [0.717, 1.165) is 0 Å². The SMILES string of the molecule is CC.Nc1nc2c(ncn2COCCO)c(=O)[nH]1. The zero-order valence-corrected chi connectivity index (χ0v) is 10.4. The highest BCUT2D eigenvalue weighted by molar-refractivity contribution is 5.70. The molecule has 2 rings (SSSR count). The van der Waals surface area contributed by atoms with E-state index in [9.17, 15) is 4.79 Å². The highest BCUT2D eigenvalue weighted by Gasteiger charge is 2.08. The van der Waals surface area contributed by atoms with Crippen LogP contribution in [0.3, 0.4) is 0 Å². The number of fused-ring (bicyclic) bond motifs is 1. The molecule has 2 aromatic rings. The van der Waals surface area contributed by atoms with E-state index in [4.69, 9.17) is 15.6 Å². The smallest absolute Gasteiger partial charge is 0.280 e. The number of nitrogens with two attached hydrogens (primary N) is 1. The number of nitrogens with zero attached hydrogens (tertiary/aromatic N) is 3. The Morgan fingerprint density at radius 1 is 1.56 bits per heavy atom. The molecular formula is C10H17N5O3. The van der Waals surface area contributed by atoms with Crippen LogP contribution < -0.4 is 11.3 Å². The number of aliphatic hydroxyl groups excluding tert-OH is 1. The van der Waals surface area contributed by atoms with Gasteiger partial charge in [0, 0.05) is 0 Å². The van der Waals surface area contributed by atoms with E-state index in [2.05, 4.69) is 15.0 Å². The van der Waals surface area contributed by atoms with Gasteiger partial charge in [0.1, 0.15) is 6.73 Å². The van der Waals surface area contributed by atoms with Crippen LogP contribution in [0.1, 0.15) is 13.8 Å². The zero-order chi connectivity index (χ0) is 13.5. The molecule has 0 saturated heterocycles. The Morgan fingerprint density at radius 2 is 2.28 bits per heavy atom. The van der Waals surface area contributed by atoms with E-state index >= 15 is 0 Å². The number of hydrogen-bond acceptors (Lipinski definition) is 6. The average molecular weight is 255 g/mol. The zero-order valence-electron chi connectivity index (χ0n) is 10.4. The van der Waals surface area contributed by atoms with E-state index in [-0.39, 0.29) is 37.0 Å². The summed E-state index contributed by atoms with van der Waals surface area (Å²) in [6.45, 7) is 4.30. The minimum atomic E-state index is -0.386. The summed E-state index contributed by atoms with van der Waals surface area (Å²) in [5.41, 5.74) is 5.60. The summed E-state index contributed by atoms with van der Waals surface area (Å²) < 4.78 is 6.63. The van der Waals surface area contributed by atoms with E-state index in [1.54, 1.807) is 0 Å². The van der Waals surface area contributed by atoms with Crippen LogP contribution in [0.25, 0.3) is 11.2 Å². The molecule has 0 radical (unpaired) electrons. The lowest BCUT2D eigenvalue weighted by Crippen LogP contribution is -2.13. The number of H-pyrrole nitrogens is 1. The molecule has 2 heterocycles. The highest BCUT2D eigenvalue weighted by atomic mass is 16.5. The molecule has 100 valence electrons. The number of nitrogen functional groups attached to an aromatic ring is 1. The Labute approximate surface area is 103 Å². The van der Waals surface area contributed by atoms with Gasteiger partial charge < -0.3 is 15.6 Å². The fourth-order valence-electron chi connectivity index (χ4n) is 1.29. The van der Waals surface area contributed by atoms with Gasteiger partial charge in [0.2, 0.25) is 5.95 Å². The Balaban J connectivity index is 0.000000771. The van der Waals surface area contributed by atoms with Crippen LogP contribution >= 0.6 is 0 Å². The first-order valence-corrected chi connectivity index (χ1v) is 5.61. The minimum Gasteiger partial charge on any atom is -0.394 e. The molecule has 4 N–H and O–H groups in total. The van der Waals surface area contributed by atoms with Crippen LogP contribution in [0, 0.1) is 0 Å². The van der Waals surface area contributed by atoms with Crippen molar-refractivity contribution < 1.29 is 9.84 Å². The van der Waals surface area contributed by atoms with E-state index in [0.29, 0.717) is 5.65 Å². The third kappa shape index (κ3) is 3.05. The van der Waals surface area contributed by atoms with Crippen molar-refractivity contribution in [2.24, 2.45) is 0 Å². The number of rotatable bonds is 4. The van der Waals surface area contributed by atoms with Gasteiger partial charge >= 0.3 is 0 Å². The number of hydrogen-bond donors (Lipinski definition) is 3. The monoisotopic (exact) mass is 255 g/mol. The Hall–Kier alpha value is -1.93. The first kappa shape index (κ1) is 14.1. The topological polar surface area (TPSA) is 119 Å². The number of nitrogens with one attached hydrogen (secondary N) is 1. The number of ether oxygens (including phenoxy) is 1. The van der Waals surface area contributed by atoms with Crippen molar-refractivity contribution in [3.05, 3.63) is 16.7 Å². The van der Waals surface area contributed by atoms with Crippen LogP contribution in [-0.4, -0.2) is 37.8 Å². The van der Waals surface area contributed by atoms with Gasteiger partial charge in [-0.3, -0.25) is 14.3 Å². The molecule has 8 nitrogen and oxygen atoms in total. The van der Waals surface area contributed by atoms with E-state index < -0.39 is 0 Å². The van der Waals surface area contributed by atoms with E-state index in [1.807, 2.05) is 13.8 Å². The van der Waals surface area contributed by atoms with Gasteiger partial charge in [0.05, 0.1) is 19.5 Å².